The van der Waals surface area contributed by atoms with Gasteiger partial charge in [0.05, 0.1) is 6.10 Å². The summed E-state index contributed by atoms with van der Waals surface area (Å²) < 4.78 is 19.3. The summed E-state index contributed by atoms with van der Waals surface area (Å²) in [6.45, 7) is 10.6. The van der Waals surface area contributed by atoms with Crippen LogP contribution in [0.25, 0.3) is 0 Å². The minimum atomic E-state index is -1.04. The lowest BCUT2D eigenvalue weighted by atomic mass is 9.61. The zero-order valence-corrected chi connectivity index (χ0v) is 12.7. The molecule has 0 aromatic carbocycles. The van der Waals surface area contributed by atoms with E-state index in [1.54, 1.807) is 0 Å². The molecule has 3 unspecified atom stereocenters. The highest BCUT2D eigenvalue weighted by molar-refractivity contribution is 4.93. The Bertz CT molecular complexity index is 300. The number of hydrogen-bond donors (Lipinski definition) is 1. The predicted octanol–water partition coefficient (Wildman–Crippen LogP) is 3.43. The van der Waals surface area contributed by atoms with Gasteiger partial charge >= 0.3 is 0 Å². The van der Waals surface area contributed by atoms with Gasteiger partial charge in [-0.3, -0.25) is 0 Å². The van der Waals surface area contributed by atoms with Gasteiger partial charge in [0.15, 0.2) is 0 Å². The summed E-state index contributed by atoms with van der Waals surface area (Å²) in [6, 6.07) is 0. The van der Waals surface area contributed by atoms with E-state index >= 15 is 0 Å². The van der Waals surface area contributed by atoms with Gasteiger partial charge in [0, 0.05) is 13.2 Å². The summed E-state index contributed by atoms with van der Waals surface area (Å²) in [5.41, 5.74) is 0.256. The van der Waals surface area contributed by atoms with Crippen LogP contribution in [0.2, 0.25) is 0 Å². The maximum atomic E-state index is 13.6. The number of hydrogen-bond acceptors (Lipinski definition) is 2. The first-order chi connectivity index (χ1) is 8.80. The van der Waals surface area contributed by atoms with Gasteiger partial charge in [0.2, 0.25) is 0 Å². The lowest BCUT2D eigenvalue weighted by Crippen LogP contribution is -2.46. The quantitative estimate of drug-likeness (QED) is 0.792. The molecule has 1 aliphatic heterocycles. The molecule has 0 amide bonds. The molecule has 1 N–H and O–H groups in total. The minimum absolute atomic E-state index is 0.256. The highest BCUT2D eigenvalue weighted by Gasteiger charge is 2.44. The number of ether oxygens (including phenoxy) is 1. The van der Waals surface area contributed by atoms with Crippen molar-refractivity contribution >= 4 is 0 Å². The fourth-order valence-electron chi connectivity index (χ4n) is 4.20. The third-order valence-corrected chi connectivity index (χ3v) is 5.32. The number of alkyl halides is 1. The molecule has 1 saturated carbocycles. The Kier molecular flexibility index (Phi) is 4.56. The highest BCUT2D eigenvalue weighted by Crippen LogP contribution is 2.46. The maximum absolute atomic E-state index is 13.6. The number of aliphatic hydroxyl groups is 1. The average molecular weight is 272 g/mol. The van der Waals surface area contributed by atoms with Crippen LogP contribution in [0.1, 0.15) is 47.0 Å². The van der Waals surface area contributed by atoms with E-state index < -0.39 is 12.3 Å². The van der Waals surface area contributed by atoms with Crippen LogP contribution in [0.3, 0.4) is 0 Å². The molecule has 2 nitrogen and oxygen atoms in total. The Morgan fingerprint density at radius 2 is 1.84 bits per heavy atom. The summed E-state index contributed by atoms with van der Waals surface area (Å²) in [7, 11) is 0. The third-order valence-electron chi connectivity index (χ3n) is 5.32. The van der Waals surface area contributed by atoms with E-state index in [2.05, 4.69) is 27.7 Å². The molecule has 1 heterocycles. The lowest BCUT2D eigenvalue weighted by molar-refractivity contribution is -0.0906. The largest absolute Gasteiger partial charge is 0.390 e. The smallest absolute Gasteiger partial charge is 0.126 e. The van der Waals surface area contributed by atoms with Crippen molar-refractivity contribution in [1.29, 1.82) is 0 Å². The first-order valence-electron chi connectivity index (χ1n) is 7.70. The second-order valence-electron chi connectivity index (χ2n) is 7.70. The van der Waals surface area contributed by atoms with Crippen molar-refractivity contribution in [1.82, 2.24) is 0 Å². The van der Waals surface area contributed by atoms with Crippen LogP contribution in [-0.2, 0) is 4.74 Å². The molecule has 112 valence electrons. The van der Waals surface area contributed by atoms with Crippen LogP contribution in [0, 0.1) is 29.1 Å². The van der Waals surface area contributed by atoms with E-state index in [0.717, 1.165) is 19.6 Å². The molecule has 2 rings (SSSR count). The molecule has 6 atom stereocenters. The molecule has 1 saturated heterocycles. The molecule has 0 aromatic heterocycles. The van der Waals surface area contributed by atoms with Crippen LogP contribution in [-0.4, -0.2) is 30.6 Å². The van der Waals surface area contributed by atoms with Crippen molar-refractivity contribution < 1.29 is 14.2 Å². The first-order valence-corrected chi connectivity index (χ1v) is 7.70. The van der Waals surface area contributed by atoms with Crippen LogP contribution in [0.5, 0.6) is 0 Å². The Balaban J connectivity index is 2.13. The van der Waals surface area contributed by atoms with Crippen LogP contribution >= 0.6 is 0 Å². The summed E-state index contributed by atoms with van der Waals surface area (Å²) in [4.78, 5) is 0. The van der Waals surface area contributed by atoms with Crippen LogP contribution in [0.15, 0.2) is 0 Å². The number of halogens is 1. The SMILES string of the molecule is C[C@@H]1C[C@H](F)[C@@H](O)CC1C1COCCC1C(C)(C)C. The second-order valence-corrected chi connectivity index (χ2v) is 7.70. The van der Waals surface area contributed by atoms with Crippen molar-refractivity contribution in [3.05, 3.63) is 0 Å². The average Bonchev–Trinajstić information content (AvgIpc) is 2.33. The zero-order chi connectivity index (χ0) is 14.2. The second kappa shape index (κ2) is 5.69. The molecule has 0 radical (unpaired) electrons. The first kappa shape index (κ1) is 15.2. The van der Waals surface area contributed by atoms with Crippen molar-refractivity contribution in [3.63, 3.8) is 0 Å². The van der Waals surface area contributed by atoms with Gasteiger partial charge in [-0.15, -0.1) is 0 Å². The maximum Gasteiger partial charge on any atom is 0.126 e. The normalized spacial score (nSPS) is 45.2. The van der Waals surface area contributed by atoms with E-state index in [9.17, 15) is 9.50 Å². The molecular weight excluding hydrogens is 243 g/mol. The molecule has 2 fully saturated rings. The monoisotopic (exact) mass is 272 g/mol. The van der Waals surface area contributed by atoms with Gasteiger partial charge in [-0.2, -0.15) is 0 Å². The standard InChI is InChI=1S/C16H29FO2/c1-10-7-14(17)15(18)8-11(10)12-9-19-6-5-13(12)16(2,3)4/h10-15,18H,5-9H2,1-4H3/t10-,11?,12?,13?,14+,15+/m1/s1. The molecule has 0 bridgehead atoms. The van der Waals surface area contributed by atoms with E-state index in [1.165, 1.54) is 0 Å². The zero-order valence-electron chi connectivity index (χ0n) is 12.7. The van der Waals surface area contributed by atoms with Crippen LogP contribution < -0.4 is 0 Å². The predicted molar refractivity (Wildman–Crippen MR) is 74.7 cm³/mol. The van der Waals surface area contributed by atoms with Crippen molar-refractivity contribution in [2.24, 2.45) is 29.1 Å². The molecule has 19 heavy (non-hydrogen) atoms. The summed E-state index contributed by atoms with van der Waals surface area (Å²) >= 11 is 0. The lowest BCUT2D eigenvalue weighted by Gasteiger charge is -2.48. The van der Waals surface area contributed by atoms with E-state index in [1.807, 2.05) is 0 Å². The third kappa shape index (κ3) is 3.30. The van der Waals surface area contributed by atoms with Gasteiger partial charge in [-0.25, -0.2) is 4.39 Å². The molecule has 3 heteroatoms. The van der Waals surface area contributed by atoms with Gasteiger partial charge in [0.25, 0.3) is 0 Å². The van der Waals surface area contributed by atoms with Gasteiger partial charge < -0.3 is 9.84 Å². The molecular formula is C16H29FO2. The highest BCUT2D eigenvalue weighted by atomic mass is 19.1. The summed E-state index contributed by atoms with van der Waals surface area (Å²) in [6.07, 6.45) is 0.377. The summed E-state index contributed by atoms with van der Waals surface area (Å²) in [5.74, 6) is 1.81. The van der Waals surface area contributed by atoms with Crippen LogP contribution in [0.4, 0.5) is 4.39 Å². The molecule has 0 spiro atoms. The Morgan fingerprint density at radius 1 is 1.16 bits per heavy atom. The minimum Gasteiger partial charge on any atom is -0.390 e. The fraction of sp³-hybridized carbons (Fsp3) is 1.00. The van der Waals surface area contributed by atoms with Crippen molar-refractivity contribution in [2.45, 2.75) is 59.2 Å². The number of aliphatic hydroxyl groups excluding tert-OH is 1. The number of rotatable bonds is 1. The molecule has 2 aliphatic rings. The van der Waals surface area contributed by atoms with E-state index in [-0.39, 0.29) is 5.41 Å². The molecule has 0 aromatic rings. The van der Waals surface area contributed by atoms with Gasteiger partial charge in [-0.05, 0) is 48.3 Å². The Labute approximate surface area is 116 Å². The molecule has 1 aliphatic carbocycles. The Hall–Kier alpha value is -0.150. The fourth-order valence-corrected chi connectivity index (χ4v) is 4.20. The topological polar surface area (TPSA) is 29.5 Å². The van der Waals surface area contributed by atoms with E-state index in [0.29, 0.717) is 36.5 Å². The Morgan fingerprint density at radius 3 is 2.47 bits per heavy atom. The van der Waals surface area contributed by atoms with E-state index in [4.69, 9.17) is 4.74 Å². The van der Waals surface area contributed by atoms with Gasteiger partial charge in [0.1, 0.15) is 6.17 Å². The van der Waals surface area contributed by atoms with Crippen molar-refractivity contribution in [2.75, 3.05) is 13.2 Å². The van der Waals surface area contributed by atoms with Gasteiger partial charge in [-0.1, -0.05) is 27.7 Å². The summed E-state index contributed by atoms with van der Waals surface area (Å²) in [5, 5.41) is 9.87. The van der Waals surface area contributed by atoms with Crippen molar-refractivity contribution in [3.8, 4) is 0 Å².